The first-order chi connectivity index (χ1) is 14.9. The molecule has 2 aromatic rings. The summed E-state index contributed by atoms with van der Waals surface area (Å²) < 4.78 is 29.7. The Morgan fingerprint density at radius 3 is 2.39 bits per heavy atom. The van der Waals surface area contributed by atoms with Crippen molar-refractivity contribution in [3.8, 4) is 0 Å². The highest BCUT2D eigenvalue weighted by Crippen LogP contribution is 2.24. The molecule has 0 aliphatic carbocycles. The van der Waals surface area contributed by atoms with Gasteiger partial charge in [-0.3, -0.25) is 9.48 Å². The van der Waals surface area contributed by atoms with Crippen LogP contribution in [0.2, 0.25) is 5.02 Å². The Bertz CT molecular complexity index is 983. The van der Waals surface area contributed by atoms with Crippen LogP contribution >= 0.6 is 11.6 Å². The molecule has 1 N–H and O–H groups in total. The van der Waals surface area contributed by atoms with Gasteiger partial charge in [0.05, 0.1) is 5.56 Å². The number of rotatable bonds is 9. The molecule has 1 aliphatic rings. The molecular formula is C21H30ClN5O3S. The minimum absolute atomic E-state index is 0.115. The number of nitrogens with one attached hydrogen (secondary N) is 1. The number of nitrogens with zero attached hydrogens (tertiary/aromatic N) is 4. The molecule has 0 saturated carbocycles. The summed E-state index contributed by atoms with van der Waals surface area (Å²) in [6.07, 6.45) is 4.11. The van der Waals surface area contributed by atoms with Crippen LogP contribution in [0.4, 0.5) is 5.69 Å². The molecule has 1 saturated heterocycles. The van der Waals surface area contributed by atoms with Gasteiger partial charge in [-0.2, -0.15) is 9.40 Å². The Hall–Kier alpha value is -2.10. The maximum Gasteiger partial charge on any atom is 0.263 e. The molecule has 1 fully saturated rings. The van der Waals surface area contributed by atoms with E-state index in [1.54, 1.807) is 10.9 Å². The van der Waals surface area contributed by atoms with Crippen LogP contribution in [0.25, 0.3) is 0 Å². The van der Waals surface area contributed by atoms with E-state index in [2.05, 4.69) is 15.3 Å². The summed E-state index contributed by atoms with van der Waals surface area (Å²) in [5, 5.41) is 7.60. The molecule has 1 aromatic carbocycles. The average Bonchev–Trinajstić information content (AvgIpc) is 3.20. The lowest BCUT2D eigenvalue weighted by Crippen LogP contribution is -2.49. The molecule has 0 spiro atoms. The van der Waals surface area contributed by atoms with Crippen molar-refractivity contribution in [1.29, 1.82) is 0 Å². The predicted octanol–water partition coefficient (Wildman–Crippen LogP) is 2.99. The van der Waals surface area contributed by atoms with E-state index in [4.69, 9.17) is 11.6 Å². The van der Waals surface area contributed by atoms with E-state index in [0.29, 0.717) is 44.3 Å². The number of anilines is 1. The SMILES string of the molecule is CCCCNC(=O)c1cn(CCC)nc1S(=O)(=O)N1CCN(c2ccc(Cl)cc2)CC1. The quantitative estimate of drug-likeness (QED) is 0.573. The number of halogens is 1. The van der Waals surface area contributed by atoms with Gasteiger partial charge in [0.25, 0.3) is 15.9 Å². The van der Waals surface area contributed by atoms with Gasteiger partial charge in [0, 0.05) is 56.2 Å². The third-order valence-corrected chi connectivity index (χ3v) is 7.34. The zero-order valence-corrected chi connectivity index (χ0v) is 19.6. The van der Waals surface area contributed by atoms with E-state index in [1.807, 2.05) is 38.1 Å². The number of hydrogen-bond donors (Lipinski definition) is 1. The number of sulfonamides is 1. The summed E-state index contributed by atoms with van der Waals surface area (Å²) in [5.41, 5.74) is 1.12. The van der Waals surface area contributed by atoms with Gasteiger partial charge in [0.15, 0.2) is 0 Å². The summed E-state index contributed by atoms with van der Waals surface area (Å²) in [7, 11) is -3.89. The Balaban J connectivity index is 1.77. The lowest BCUT2D eigenvalue weighted by molar-refractivity contribution is 0.0949. The molecule has 3 rings (SSSR count). The van der Waals surface area contributed by atoms with Crippen LogP contribution in [0.3, 0.4) is 0 Å². The molecule has 1 amide bonds. The van der Waals surface area contributed by atoms with Crippen molar-refractivity contribution in [3.05, 3.63) is 41.0 Å². The first-order valence-electron chi connectivity index (χ1n) is 10.7. The molecule has 0 atom stereocenters. The first-order valence-corrected chi connectivity index (χ1v) is 12.5. The fourth-order valence-corrected chi connectivity index (χ4v) is 5.17. The molecule has 1 aliphatic heterocycles. The Labute approximate surface area is 189 Å². The Morgan fingerprint density at radius 2 is 1.77 bits per heavy atom. The molecule has 170 valence electrons. The molecule has 0 unspecified atom stereocenters. The van der Waals surface area contributed by atoms with E-state index >= 15 is 0 Å². The molecule has 8 nitrogen and oxygen atoms in total. The minimum Gasteiger partial charge on any atom is -0.369 e. The molecule has 10 heteroatoms. The fourth-order valence-electron chi connectivity index (χ4n) is 3.53. The second kappa shape index (κ2) is 10.5. The number of amides is 1. The van der Waals surface area contributed by atoms with Crippen LogP contribution < -0.4 is 10.2 Å². The number of piperazine rings is 1. The maximum absolute atomic E-state index is 13.4. The topological polar surface area (TPSA) is 87.5 Å². The summed E-state index contributed by atoms with van der Waals surface area (Å²) >= 11 is 5.96. The molecule has 1 aromatic heterocycles. The highest BCUT2D eigenvalue weighted by atomic mass is 35.5. The van der Waals surface area contributed by atoms with Crippen molar-refractivity contribution in [1.82, 2.24) is 19.4 Å². The van der Waals surface area contributed by atoms with Crippen LogP contribution in [0.15, 0.2) is 35.5 Å². The largest absolute Gasteiger partial charge is 0.369 e. The van der Waals surface area contributed by atoms with Crippen molar-refractivity contribution >= 4 is 33.2 Å². The van der Waals surface area contributed by atoms with Crippen molar-refractivity contribution in [2.45, 2.75) is 44.7 Å². The number of aryl methyl sites for hydroxylation is 1. The van der Waals surface area contributed by atoms with E-state index in [0.717, 1.165) is 24.9 Å². The monoisotopic (exact) mass is 467 g/mol. The normalized spacial score (nSPS) is 15.3. The highest BCUT2D eigenvalue weighted by Gasteiger charge is 2.34. The van der Waals surface area contributed by atoms with E-state index < -0.39 is 15.9 Å². The van der Waals surface area contributed by atoms with Crippen molar-refractivity contribution in [3.63, 3.8) is 0 Å². The van der Waals surface area contributed by atoms with E-state index in [1.165, 1.54) is 4.31 Å². The van der Waals surface area contributed by atoms with E-state index in [-0.39, 0.29) is 10.6 Å². The predicted molar refractivity (Wildman–Crippen MR) is 122 cm³/mol. The van der Waals surface area contributed by atoms with Gasteiger partial charge in [0.1, 0.15) is 0 Å². The molecule has 31 heavy (non-hydrogen) atoms. The van der Waals surface area contributed by atoms with Gasteiger partial charge >= 0.3 is 0 Å². The summed E-state index contributed by atoms with van der Waals surface area (Å²) in [6, 6.07) is 7.50. The lowest BCUT2D eigenvalue weighted by Gasteiger charge is -2.35. The van der Waals surface area contributed by atoms with Gasteiger partial charge in [-0.25, -0.2) is 8.42 Å². The van der Waals surface area contributed by atoms with Gasteiger partial charge in [-0.1, -0.05) is 31.9 Å². The van der Waals surface area contributed by atoms with Crippen LogP contribution in [-0.2, 0) is 16.6 Å². The molecule has 0 bridgehead atoms. The maximum atomic E-state index is 13.4. The number of benzene rings is 1. The van der Waals surface area contributed by atoms with Crippen LogP contribution in [0.5, 0.6) is 0 Å². The summed E-state index contributed by atoms with van der Waals surface area (Å²) in [4.78, 5) is 14.8. The number of unbranched alkanes of at least 4 members (excludes halogenated alkanes) is 1. The average molecular weight is 468 g/mol. The second-order valence-electron chi connectivity index (χ2n) is 7.59. The van der Waals surface area contributed by atoms with Crippen molar-refractivity contribution in [2.75, 3.05) is 37.6 Å². The molecule has 2 heterocycles. The van der Waals surface area contributed by atoms with Crippen molar-refractivity contribution in [2.24, 2.45) is 0 Å². The number of aromatic nitrogens is 2. The second-order valence-corrected chi connectivity index (χ2v) is 9.88. The smallest absolute Gasteiger partial charge is 0.263 e. The first kappa shape index (κ1) is 23.6. The number of hydrogen-bond acceptors (Lipinski definition) is 5. The van der Waals surface area contributed by atoms with Crippen molar-refractivity contribution < 1.29 is 13.2 Å². The van der Waals surface area contributed by atoms with Crippen LogP contribution in [0.1, 0.15) is 43.5 Å². The summed E-state index contributed by atoms with van der Waals surface area (Å²) in [6.45, 7) is 6.81. The summed E-state index contributed by atoms with van der Waals surface area (Å²) in [5.74, 6) is -0.394. The Morgan fingerprint density at radius 1 is 1.10 bits per heavy atom. The van der Waals surface area contributed by atoms with Crippen LogP contribution in [0, 0.1) is 0 Å². The zero-order valence-electron chi connectivity index (χ0n) is 18.1. The van der Waals surface area contributed by atoms with Gasteiger partial charge < -0.3 is 10.2 Å². The fraction of sp³-hybridized carbons (Fsp3) is 0.524. The number of carbonyl (C=O) groups is 1. The minimum atomic E-state index is -3.89. The highest BCUT2D eigenvalue weighted by molar-refractivity contribution is 7.89. The van der Waals surface area contributed by atoms with Crippen LogP contribution in [-0.4, -0.2) is 61.1 Å². The standard InChI is InChI=1S/C21H30ClN5O3S/c1-3-5-10-23-20(28)19-16-26(11-4-2)24-21(19)31(29,30)27-14-12-25(13-15-27)18-8-6-17(22)7-9-18/h6-9,16H,3-5,10-15H2,1-2H3,(H,23,28). The third kappa shape index (κ3) is 5.58. The van der Waals surface area contributed by atoms with Gasteiger partial charge in [-0.15, -0.1) is 0 Å². The third-order valence-electron chi connectivity index (χ3n) is 5.26. The van der Waals surface area contributed by atoms with E-state index in [9.17, 15) is 13.2 Å². The molecule has 0 radical (unpaired) electrons. The van der Waals surface area contributed by atoms with Gasteiger partial charge in [-0.05, 0) is 37.1 Å². The van der Waals surface area contributed by atoms with Gasteiger partial charge in [0.2, 0.25) is 5.03 Å². The molecular weight excluding hydrogens is 438 g/mol. The lowest BCUT2D eigenvalue weighted by atomic mass is 10.2. The zero-order chi connectivity index (χ0) is 22.4. The number of carbonyl (C=O) groups excluding carboxylic acids is 1. The Kier molecular flexibility index (Phi) is 7.96.